The van der Waals surface area contributed by atoms with E-state index in [1.165, 1.54) is 0 Å². The normalized spacial score (nSPS) is 29.6. The molecule has 0 aliphatic heterocycles. The lowest BCUT2D eigenvalue weighted by molar-refractivity contribution is -0.122. The van der Waals surface area contributed by atoms with Crippen molar-refractivity contribution in [3.63, 3.8) is 0 Å². The van der Waals surface area contributed by atoms with Gasteiger partial charge in [0.1, 0.15) is 0 Å². The van der Waals surface area contributed by atoms with Crippen LogP contribution in [0.4, 0.5) is 4.79 Å². The van der Waals surface area contributed by atoms with E-state index in [-0.39, 0.29) is 29.9 Å². The van der Waals surface area contributed by atoms with Gasteiger partial charge in [-0.05, 0) is 36.8 Å². The van der Waals surface area contributed by atoms with Crippen LogP contribution in [0.3, 0.4) is 0 Å². The molecule has 6 nitrogen and oxygen atoms in total. The summed E-state index contributed by atoms with van der Waals surface area (Å²) in [6, 6.07) is 7.18. The molecule has 23 heavy (non-hydrogen) atoms. The van der Waals surface area contributed by atoms with Gasteiger partial charge >= 0.3 is 6.03 Å². The lowest BCUT2D eigenvalue weighted by Gasteiger charge is -2.28. The summed E-state index contributed by atoms with van der Waals surface area (Å²) in [7, 11) is 0. The second-order valence-electron chi connectivity index (χ2n) is 6.52. The van der Waals surface area contributed by atoms with Crippen LogP contribution in [0.1, 0.15) is 42.9 Å². The first-order valence-corrected chi connectivity index (χ1v) is 8.17. The minimum absolute atomic E-state index is 0.0550. The Labute approximate surface area is 135 Å². The first-order valence-electron chi connectivity index (χ1n) is 8.17. The number of carbonyl (C=O) groups excluding carboxylic acids is 2. The summed E-state index contributed by atoms with van der Waals surface area (Å²) in [6.45, 7) is 0. The van der Waals surface area contributed by atoms with Crippen LogP contribution in [-0.2, 0) is 11.2 Å². The Morgan fingerprint density at radius 2 is 1.78 bits per heavy atom. The molecule has 2 aliphatic rings. The summed E-state index contributed by atoms with van der Waals surface area (Å²) in [5.41, 5.74) is 7.37. The van der Waals surface area contributed by atoms with Crippen molar-refractivity contribution in [3.05, 3.63) is 35.4 Å². The molecule has 2 aliphatic carbocycles. The quantitative estimate of drug-likeness (QED) is 0.668. The number of fused-ring (bicyclic) bond motifs is 1. The van der Waals surface area contributed by atoms with Gasteiger partial charge in [0.15, 0.2) is 0 Å². The monoisotopic (exact) mass is 317 g/mol. The number of hydrogen-bond acceptors (Lipinski definition) is 3. The number of urea groups is 1. The molecular weight excluding hydrogens is 294 g/mol. The largest absolute Gasteiger partial charge is 0.390 e. The fraction of sp³-hybridized carbons (Fsp3) is 0.529. The highest BCUT2D eigenvalue weighted by atomic mass is 16.3. The van der Waals surface area contributed by atoms with E-state index in [9.17, 15) is 14.7 Å². The zero-order valence-corrected chi connectivity index (χ0v) is 13.0. The molecule has 2 atom stereocenters. The molecule has 1 fully saturated rings. The highest BCUT2D eigenvalue weighted by Crippen LogP contribution is 2.31. The third kappa shape index (κ3) is 3.47. The molecule has 3 rings (SSSR count). The molecule has 5 N–H and O–H groups in total. The van der Waals surface area contributed by atoms with Crippen molar-refractivity contribution in [1.29, 1.82) is 0 Å². The van der Waals surface area contributed by atoms with Crippen molar-refractivity contribution in [1.82, 2.24) is 10.6 Å². The van der Waals surface area contributed by atoms with E-state index in [2.05, 4.69) is 10.6 Å². The molecule has 3 amide bonds. The fourth-order valence-electron chi connectivity index (χ4n) is 3.64. The molecule has 1 saturated carbocycles. The lowest BCUT2D eigenvalue weighted by atomic mass is 9.86. The molecular formula is C17H23N3O3. The zero-order valence-electron chi connectivity index (χ0n) is 13.0. The number of primary amides is 1. The van der Waals surface area contributed by atoms with Crippen LogP contribution in [0.15, 0.2) is 24.3 Å². The molecule has 1 aromatic rings. The maximum atomic E-state index is 12.2. The number of aliphatic hydroxyl groups excluding tert-OH is 1. The maximum Gasteiger partial charge on any atom is 0.315 e. The van der Waals surface area contributed by atoms with Crippen molar-refractivity contribution < 1.29 is 14.7 Å². The number of nitrogens with one attached hydrogen (secondary N) is 2. The minimum Gasteiger partial charge on any atom is -0.390 e. The Hall–Kier alpha value is -2.08. The van der Waals surface area contributed by atoms with E-state index in [4.69, 9.17) is 5.73 Å². The van der Waals surface area contributed by atoms with Crippen molar-refractivity contribution in [2.45, 2.75) is 50.3 Å². The van der Waals surface area contributed by atoms with Gasteiger partial charge in [-0.1, -0.05) is 24.3 Å². The Kier molecular flexibility index (Phi) is 4.52. The first-order chi connectivity index (χ1) is 11.0. The first kappa shape index (κ1) is 15.8. The summed E-state index contributed by atoms with van der Waals surface area (Å²) in [5, 5.41) is 16.0. The number of aliphatic hydroxyl groups is 1. The molecule has 0 aromatic heterocycles. The molecule has 124 valence electrons. The summed E-state index contributed by atoms with van der Waals surface area (Å²) in [5.74, 6) is -0.321. The second-order valence-corrected chi connectivity index (χ2v) is 6.52. The highest BCUT2D eigenvalue weighted by Gasteiger charge is 2.32. The molecule has 0 heterocycles. The third-order valence-corrected chi connectivity index (χ3v) is 4.96. The predicted octanol–water partition coefficient (Wildman–Crippen LogP) is 0.988. The topological polar surface area (TPSA) is 104 Å². The smallest absolute Gasteiger partial charge is 0.315 e. The number of nitrogens with two attached hydrogens (primary N) is 1. The van der Waals surface area contributed by atoms with E-state index in [1.54, 1.807) is 0 Å². The number of amides is 3. The standard InChI is InChI=1S/C17H23N3O3/c18-16(22)10-5-7-12(8-6-10)19-17(23)20-15-13-4-2-1-3-11(13)9-14(15)21/h1-4,10,12,14-15,21H,5-9H2,(H2,18,22)(H2,19,20,23)/t10?,12?,14-,15+/m0/s1. The predicted molar refractivity (Wildman–Crippen MR) is 85.5 cm³/mol. The van der Waals surface area contributed by atoms with Gasteiger partial charge in [-0.15, -0.1) is 0 Å². The number of hydrogen-bond donors (Lipinski definition) is 4. The minimum atomic E-state index is -0.594. The van der Waals surface area contributed by atoms with E-state index in [0.29, 0.717) is 6.42 Å². The van der Waals surface area contributed by atoms with Crippen LogP contribution < -0.4 is 16.4 Å². The SMILES string of the molecule is NC(=O)C1CCC(NC(=O)N[C@@H]2c3ccccc3C[C@@H]2O)CC1. The van der Waals surface area contributed by atoms with Gasteiger partial charge in [-0.3, -0.25) is 4.79 Å². The Bertz CT molecular complexity index is 597. The Morgan fingerprint density at radius 3 is 2.48 bits per heavy atom. The van der Waals surface area contributed by atoms with Gasteiger partial charge in [-0.25, -0.2) is 4.79 Å². The summed E-state index contributed by atoms with van der Waals surface area (Å²) in [4.78, 5) is 23.4. The third-order valence-electron chi connectivity index (χ3n) is 4.96. The van der Waals surface area contributed by atoms with Crippen molar-refractivity contribution in [3.8, 4) is 0 Å². The molecule has 0 saturated heterocycles. The lowest BCUT2D eigenvalue weighted by Crippen LogP contribution is -2.46. The summed E-state index contributed by atoms with van der Waals surface area (Å²) < 4.78 is 0. The van der Waals surface area contributed by atoms with Crippen LogP contribution in [0.25, 0.3) is 0 Å². The van der Waals surface area contributed by atoms with Crippen molar-refractivity contribution in [2.24, 2.45) is 11.7 Å². The van der Waals surface area contributed by atoms with Crippen LogP contribution in [0.2, 0.25) is 0 Å². The van der Waals surface area contributed by atoms with Gasteiger partial charge in [-0.2, -0.15) is 0 Å². The second kappa shape index (κ2) is 6.58. The van der Waals surface area contributed by atoms with Crippen LogP contribution in [0, 0.1) is 5.92 Å². The van der Waals surface area contributed by atoms with Crippen molar-refractivity contribution in [2.75, 3.05) is 0 Å². The molecule has 0 spiro atoms. The summed E-state index contributed by atoms with van der Waals surface area (Å²) in [6.07, 6.45) is 2.91. The number of carbonyl (C=O) groups is 2. The maximum absolute atomic E-state index is 12.2. The van der Waals surface area contributed by atoms with Crippen LogP contribution in [0.5, 0.6) is 0 Å². The number of benzene rings is 1. The Morgan fingerprint density at radius 1 is 1.09 bits per heavy atom. The molecule has 1 aromatic carbocycles. The van der Waals surface area contributed by atoms with Crippen LogP contribution in [-0.4, -0.2) is 29.2 Å². The molecule has 0 radical (unpaired) electrons. The zero-order chi connectivity index (χ0) is 16.4. The fourth-order valence-corrected chi connectivity index (χ4v) is 3.64. The average molecular weight is 317 g/mol. The molecule has 6 heteroatoms. The van der Waals surface area contributed by atoms with Gasteiger partial charge in [0.05, 0.1) is 12.1 Å². The van der Waals surface area contributed by atoms with E-state index in [0.717, 1.165) is 36.8 Å². The molecule has 0 bridgehead atoms. The van der Waals surface area contributed by atoms with E-state index >= 15 is 0 Å². The van der Waals surface area contributed by atoms with Gasteiger partial charge < -0.3 is 21.5 Å². The summed E-state index contributed by atoms with van der Waals surface area (Å²) >= 11 is 0. The van der Waals surface area contributed by atoms with Crippen molar-refractivity contribution >= 4 is 11.9 Å². The molecule has 0 unspecified atom stereocenters. The Balaban J connectivity index is 1.53. The van der Waals surface area contributed by atoms with Gasteiger partial charge in [0, 0.05) is 18.4 Å². The van der Waals surface area contributed by atoms with E-state index < -0.39 is 6.10 Å². The van der Waals surface area contributed by atoms with Gasteiger partial charge in [0.2, 0.25) is 5.91 Å². The van der Waals surface area contributed by atoms with Crippen LogP contribution >= 0.6 is 0 Å². The number of rotatable bonds is 3. The van der Waals surface area contributed by atoms with Gasteiger partial charge in [0.25, 0.3) is 0 Å². The highest BCUT2D eigenvalue weighted by molar-refractivity contribution is 5.77. The average Bonchev–Trinajstić information content (AvgIpc) is 2.84. The van der Waals surface area contributed by atoms with E-state index in [1.807, 2.05) is 24.3 Å².